The summed E-state index contributed by atoms with van der Waals surface area (Å²) >= 11 is 0. The molecule has 0 heterocycles. The smallest absolute Gasteiger partial charge is 0.265 e. The van der Waals surface area contributed by atoms with Crippen molar-refractivity contribution in [1.82, 2.24) is 0 Å². The van der Waals surface area contributed by atoms with Gasteiger partial charge in [-0.2, -0.15) is 0 Å². The molecule has 0 saturated carbocycles. The van der Waals surface area contributed by atoms with Gasteiger partial charge in [0.25, 0.3) is 5.91 Å². The SMILES string of the molecule is CCOc1ccccc1NC(=O)[C@H](CC)Oc1ccc(OC)cc1. The van der Waals surface area contributed by atoms with E-state index < -0.39 is 6.10 Å². The molecule has 5 heteroatoms. The number of amides is 1. The molecule has 1 atom stereocenters. The molecule has 0 spiro atoms. The summed E-state index contributed by atoms with van der Waals surface area (Å²) in [5.41, 5.74) is 0.640. The van der Waals surface area contributed by atoms with E-state index in [2.05, 4.69) is 5.32 Å². The zero-order valence-electron chi connectivity index (χ0n) is 14.2. The Bertz CT molecular complexity index is 655. The minimum absolute atomic E-state index is 0.208. The highest BCUT2D eigenvalue weighted by Crippen LogP contribution is 2.25. The number of rotatable bonds is 8. The third-order valence-electron chi connectivity index (χ3n) is 3.45. The summed E-state index contributed by atoms with van der Waals surface area (Å²) in [4.78, 5) is 12.5. The average molecular weight is 329 g/mol. The monoisotopic (exact) mass is 329 g/mol. The summed E-state index contributed by atoms with van der Waals surface area (Å²) in [7, 11) is 1.61. The number of benzene rings is 2. The van der Waals surface area contributed by atoms with Crippen LogP contribution in [0.15, 0.2) is 48.5 Å². The van der Waals surface area contributed by atoms with Crippen LogP contribution < -0.4 is 19.5 Å². The van der Waals surface area contributed by atoms with Crippen LogP contribution >= 0.6 is 0 Å². The number of para-hydroxylation sites is 2. The number of carbonyl (C=O) groups is 1. The fraction of sp³-hybridized carbons (Fsp3) is 0.316. The molecule has 24 heavy (non-hydrogen) atoms. The van der Waals surface area contributed by atoms with Crippen molar-refractivity contribution in [1.29, 1.82) is 0 Å². The molecule has 128 valence electrons. The Morgan fingerprint density at radius 1 is 1.04 bits per heavy atom. The summed E-state index contributed by atoms with van der Waals surface area (Å²) in [5.74, 6) is 1.80. The predicted molar refractivity (Wildman–Crippen MR) is 93.9 cm³/mol. The van der Waals surface area contributed by atoms with E-state index in [0.717, 1.165) is 5.75 Å². The van der Waals surface area contributed by atoms with Crippen LogP contribution in [0.3, 0.4) is 0 Å². The molecule has 2 aromatic carbocycles. The van der Waals surface area contributed by atoms with Gasteiger partial charge < -0.3 is 19.5 Å². The van der Waals surface area contributed by atoms with Gasteiger partial charge in [0.05, 0.1) is 19.4 Å². The maximum absolute atomic E-state index is 12.5. The van der Waals surface area contributed by atoms with E-state index in [1.807, 2.05) is 38.1 Å². The van der Waals surface area contributed by atoms with Gasteiger partial charge in [0, 0.05) is 0 Å². The maximum atomic E-state index is 12.5. The molecular weight excluding hydrogens is 306 g/mol. The Balaban J connectivity index is 2.05. The lowest BCUT2D eigenvalue weighted by atomic mass is 10.2. The van der Waals surface area contributed by atoms with E-state index in [9.17, 15) is 4.79 Å². The molecular formula is C19H23NO4. The highest BCUT2D eigenvalue weighted by atomic mass is 16.5. The Morgan fingerprint density at radius 3 is 2.33 bits per heavy atom. The summed E-state index contributed by atoms with van der Waals surface area (Å²) in [6.07, 6.45) is -0.0395. The number of ether oxygens (including phenoxy) is 3. The predicted octanol–water partition coefficient (Wildman–Crippen LogP) is 3.89. The third kappa shape index (κ3) is 4.65. The van der Waals surface area contributed by atoms with Crippen molar-refractivity contribution in [3.05, 3.63) is 48.5 Å². The number of nitrogens with one attached hydrogen (secondary N) is 1. The Labute approximate surface area is 142 Å². The average Bonchev–Trinajstić information content (AvgIpc) is 2.62. The first kappa shape index (κ1) is 17.7. The van der Waals surface area contributed by atoms with Gasteiger partial charge in [-0.1, -0.05) is 19.1 Å². The van der Waals surface area contributed by atoms with Crippen molar-refractivity contribution >= 4 is 11.6 Å². The molecule has 5 nitrogen and oxygen atoms in total. The lowest BCUT2D eigenvalue weighted by Crippen LogP contribution is -2.32. The minimum Gasteiger partial charge on any atom is -0.497 e. The van der Waals surface area contributed by atoms with Crippen molar-refractivity contribution in [2.24, 2.45) is 0 Å². The Morgan fingerprint density at radius 2 is 1.71 bits per heavy atom. The first-order valence-corrected chi connectivity index (χ1v) is 8.01. The van der Waals surface area contributed by atoms with Gasteiger partial charge in [-0.25, -0.2) is 0 Å². The number of hydrogen-bond acceptors (Lipinski definition) is 4. The van der Waals surface area contributed by atoms with Crippen LogP contribution in [0.1, 0.15) is 20.3 Å². The van der Waals surface area contributed by atoms with Crippen LogP contribution in [-0.2, 0) is 4.79 Å². The van der Waals surface area contributed by atoms with Crippen LogP contribution in [0.2, 0.25) is 0 Å². The van der Waals surface area contributed by atoms with Gasteiger partial charge in [-0.3, -0.25) is 4.79 Å². The normalized spacial score (nSPS) is 11.5. The Kier molecular flexibility index (Phi) is 6.49. The highest BCUT2D eigenvalue weighted by Gasteiger charge is 2.19. The molecule has 0 bridgehead atoms. The lowest BCUT2D eigenvalue weighted by Gasteiger charge is -2.18. The maximum Gasteiger partial charge on any atom is 0.265 e. The zero-order chi connectivity index (χ0) is 17.4. The van der Waals surface area contributed by atoms with Crippen molar-refractivity contribution in [2.45, 2.75) is 26.4 Å². The van der Waals surface area contributed by atoms with Gasteiger partial charge in [-0.15, -0.1) is 0 Å². The van der Waals surface area contributed by atoms with Gasteiger partial charge >= 0.3 is 0 Å². The molecule has 0 saturated heterocycles. The molecule has 2 rings (SSSR count). The van der Waals surface area contributed by atoms with E-state index in [1.165, 1.54) is 0 Å². The van der Waals surface area contributed by atoms with Crippen LogP contribution in [-0.4, -0.2) is 25.7 Å². The van der Waals surface area contributed by atoms with Crippen molar-refractivity contribution in [3.63, 3.8) is 0 Å². The summed E-state index contributed by atoms with van der Waals surface area (Å²) in [6, 6.07) is 14.5. The van der Waals surface area contributed by atoms with E-state index >= 15 is 0 Å². The molecule has 1 amide bonds. The molecule has 0 aliphatic heterocycles. The van der Waals surface area contributed by atoms with Gasteiger partial charge in [-0.05, 0) is 49.7 Å². The second kappa shape index (κ2) is 8.82. The minimum atomic E-state index is -0.590. The third-order valence-corrected chi connectivity index (χ3v) is 3.45. The molecule has 2 aromatic rings. The second-order valence-corrected chi connectivity index (χ2v) is 5.11. The first-order chi connectivity index (χ1) is 11.7. The molecule has 0 fully saturated rings. The molecule has 0 aliphatic carbocycles. The molecule has 0 aliphatic rings. The van der Waals surface area contributed by atoms with Crippen LogP contribution in [0.4, 0.5) is 5.69 Å². The quantitative estimate of drug-likeness (QED) is 0.798. The standard InChI is InChI=1S/C19H23NO4/c1-4-17(24-15-12-10-14(22-3)11-13-15)19(21)20-16-8-6-7-9-18(16)23-5-2/h6-13,17H,4-5H2,1-3H3,(H,20,21)/t17-/m0/s1. The van der Waals surface area contributed by atoms with Gasteiger partial charge in [0.2, 0.25) is 0 Å². The molecule has 0 unspecified atom stereocenters. The van der Waals surface area contributed by atoms with Crippen molar-refractivity contribution in [2.75, 3.05) is 19.0 Å². The van der Waals surface area contributed by atoms with E-state index in [1.54, 1.807) is 31.4 Å². The van der Waals surface area contributed by atoms with Crippen LogP contribution in [0.25, 0.3) is 0 Å². The topological polar surface area (TPSA) is 56.8 Å². The molecule has 0 aromatic heterocycles. The first-order valence-electron chi connectivity index (χ1n) is 8.01. The van der Waals surface area contributed by atoms with E-state index in [-0.39, 0.29) is 5.91 Å². The van der Waals surface area contributed by atoms with E-state index in [0.29, 0.717) is 30.2 Å². The number of anilines is 1. The van der Waals surface area contributed by atoms with Crippen LogP contribution in [0.5, 0.6) is 17.2 Å². The summed E-state index contributed by atoms with van der Waals surface area (Å²) in [6.45, 7) is 4.34. The van der Waals surface area contributed by atoms with Crippen molar-refractivity contribution < 1.29 is 19.0 Å². The molecule has 0 radical (unpaired) electrons. The molecule has 1 N–H and O–H groups in total. The largest absolute Gasteiger partial charge is 0.497 e. The fourth-order valence-electron chi connectivity index (χ4n) is 2.21. The van der Waals surface area contributed by atoms with Gasteiger partial charge in [0.15, 0.2) is 6.10 Å². The number of hydrogen-bond donors (Lipinski definition) is 1. The number of methoxy groups -OCH3 is 1. The van der Waals surface area contributed by atoms with E-state index in [4.69, 9.17) is 14.2 Å². The second-order valence-electron chi connectivity index (χ2n) is 5.11. The lowest BCUT2D eigenvalue weighted by molar-refractivity contribution is -0.122. The highest BCUT2D eigenvalue weighted by molar-refractivity contribution is 5.95. The van der Waals surface area contributed by atoms with Crippen molar-refractivity contribution in [3.8, 4) is 17.2 Å². The number of carbonyl (C=O) groups excluding carboxylic acids is 1. The Hall–Kier alpha value is -2.69. The fourth-order valence-corrected chi connectivity index (χ4v) is 2.21. The van der Waals surface area contributed by atoms with Crippen LogP contribution in [0, 0.1) is 0 Å². The summed E-state index contributed by atoms with van der Waals surface area (Å²) < 4.78 is 16.4. The summed E-state index contributed by atoms with van der Waals surface area (Å²) in [5, 5.41) is 2.88. The zero-order valence-corrected chi connectivity index (χ0v) is 14.2. The van der Waals surface area contributed by atoms with Gasteiger partial charge in [0.1, 0.15) is 17.2 Å².